The first-order valence-corrected chi connectivity index (χ1v) is 7.96. The van der Waals surface area contributed by atoms with Crippen LogP contribution in [-0.4, -0.2) is 11.4 Å². The van der Waals surface area contributed by atoms with E-state index in [-0.39, 0.29) is 0 Å². The molecule has 5 heteroatoms. The van der Waals surface area contributed by atoms with Crippen LogP contribution in [0.5, 0.6) is 0 Å². The maximum atomic E-state index is 6.29. The summed E-state index contributed by atoms with van der Waals surface area (Å²) in [5.41, 5.74) is 8.52. The molecule has 2 aromatic carbocycles. The Morgan fingerprint density at radius 3 is 2.43 bits per heavy atom. The van der Waals surface area contributed by atoms with Gasteiger partial charge >= 0.3 is 0 Å². The molecule has 0 amide bonds. The van der Waals surface area contributed by atoms with Gasteiger partial charge in [-0.05, 0) is 24.5 Å². The van der Waals surface area contributed by atoms with Gasteiger partial charge in [0.25, 0.3) is 0 Å². The minimum Gasteiger partial charge on any atom is -0.380 e. The molecule has 0 bridgehead atoms. The van der Waals surface area contributed by atoms with E-state index in [4.69, 9.17) is 21.9 Å². The highest BCUT2D eigenvalue weighted by Crippen LogP contribution is 2.42. The topological polar surface area (TPSA) is 52.0 Å². The lowest BCUT2D eigenvalue weighted by atomic mass is 10.0. The van der Waals surface area contributed by atoms with Crippen LogP contribution < -0.4 is 5.73 Å². The van der Waals surface area contributed by atoms with Gasteiger partial charge in [0, 0.05) is 21.0 Å². The molecule has 0 aliphatic heterocycles. The van der Waals surface area contributed by atoms with Crippen LogP contribution in [0, 0.1) is 0 Å². The molecule has 2 N–H and O–H groups in total. The van der Waals surface area contributed by atoms with E-state index in [2.05, 4.69) is 5.16 Å². The number of nitrogens with zero attached hydrogens (tertiary/aromatic N) is 1. The van der Waals surface area contributed by atoms with E-state index in [1.165, 1.54) is 0 Å². The normalized spacial score (nSPS) is 10.8. The van der Waals surface area contributed by atoms with Gasteiger partial charge < -0.3 is 10.3 Å². The second-order valence-corrected chi connectivity index (χ2v) is 5.71. The van der Waals surface area contributed by atoms with Crippen LogP contribution in [0.1, 0.15) is 0 Å². The number of nitrogens with two attached hydrogens (primary N) is 1. The summed E-state index contributed by atoms with van der Waals surface area (Å²) in [6, 6.07) is 15.5. The minimum absolute atomic E-state index is 0.342. The zero-order valence-corrected chi connectivity index (χ0v) is 12.9. The maximum absolute atomic E-state index is 6.29. The molecular weight excluding hydrogens is 304 g/mol. The fourth-order valence-corrected chi connectivity index (χ4v) is 3.07. The number of benzene rings is 2. The summed E-state index contributed by atoms with van der Waals surface area (Å²) < 4.78 is 5.49. The Labute approximate surface area is 132 Å². The van der Waals surface area contributed by atoms with Gasteiger partial charge in [-0.3, -0.25) is 0 Å². The SMILES string of the molecule is CSc1ccccc1-c1onc(N)c1-c1ccccc1Cl. The fraction of sp³-hybridized carbons (Fsp3) is 0.0625. The predicted molar refractivity (Wildman–Crippen MR) is 88.6 cm³/mol. The summed E-state index contributed by atoms with van der Waals surface area (Å²) in [5, 5.41) is 4.54. The van der Waals surface area contributed by atoms with Gasteiger partial charge in [-0.15, -0.1) is 11.8 Å². The van der Waals surface area contributed by atoms with Crippen molar-refractivity contribution in [2.24, 2.45) is 0 Å². The quantitative estimate of drug-likeness (QED) is 0.693. The summed E-state index contributed by atoms with van der Waals surface area (Å²) in [6.07, 6.45) is 2.02. The third-order valence-corrected chi connectivity index (χ3v) is 4.34. The van der Waals surface area contributed by atoms with Crippen molar-refractivity contribution in [1.82, 2.24) is 5.16 Å². The Morgan fingerprint density at radius 1 is 1.05 bits per heavy atom. The van der Waals surface area contributed by atoms with E-state index in [0.717, 1.165) is 21.6 Å². The van der Waals surface area contributed by atoms with Crippen molar-refractivity contribution in [3.63, 3.8) is 0 Å². The Balaban J connectivity index is 2.25. The number of hydrogen-bond acceptors (Lipinski definition) is 4. The highest BCUT2D eigenvalue weighted by atomic mass is 35.5. The summed E-state index contributed by atoms with van der Waals surface area (Å²) in [6.45, 7) is 0. The van der Waals surface area contributed by atoms with Gasteiger partial charge in [0.1, 0.15) is 0 Å². The largest absolute Gasteiger partial charge is 0.380 e. The van der Waals surface area contributed by atoms with E-state index in [1.807, 2.05) is 54.8 Å². The molecule has 0 saturated heterocycles. The van der Waals surface area contributed by atoms with Crippen LogP contribution in [0.25, 0.3) is 22.5 Å². The summed E-state index contributed by atoms with van der Waals surface area (Å²) >= 11 is 7.94. The van der Waals surface area contributed by atoms with E-state index >= 15 is 0 Å². The van der Waals surface area contributed by atoms with Crippen molar-refractivity contribution < 1.29 is 4.52 Å². The number of rotatable bonds is 3. The van der Waals surface area contributed by atoms with Crippen LogP contribution in [-0.2, 0) is 0 Å². The molecule has 21 heavy (non-hydrogen) atoms. The average molecular weight is 317 g/mol. The molecular formula is C16H13ClN2OS. The van der Waals surface area contributed by atoms with Crippen LogP contribution in [0.2, 0.25) is 5.02 Å². The molecule has 0 unspecified atom stereocenters. The molecule has 0 saturated carbocycles. The second kappa shape index (κ2) is 5.84. The number of thioether (sulfide) groups is 1. The Kier molecular flexibility index (Phi) is 3.90. The molecule has 0 atom stereocenters. The minimum atomic E-state index is 0.342. The number of anilines is 1. The van der Waals surface area contributed by atoms with Crippen LogP contribution in [0.15, 0.2) is 57.9 Å². The van der Waals surface area contributed by atoms with Gasteiger partial charge in [-0.1, -0.05) is 47.1 Å². The van der Waals surface area contributed by atoms with E-state index in [9.17, 15) is 0 Å². The fourth-order valence-electron chi connectivity index (χ4n) is 2.24. The first-order valence-electron chi connectivity index (χ1n) is 6.36. The first-order chi connectivity index (χ1) is 10.2. The molecule has 1 heterocycles. The number of aromatic nitrogens is 1. The predicted octanol–water partition coefficient (Wildman–Crippen LogP) is 4.97. The van der Waals surface area contributed by atoms with Crippen LogP contribution in [0.3, 0.4) is 0 Å². The van der Waals surface area contributed by atoms with Gasteiger partial charge in [0.15, 0.2) is 11.6 Å². The van der Waals surface area contributed by atoms with Gasteiger partial charge in [-0.25, -0.2) is 0 Å². The molecule has 0 spiro atoms. The zero-order chi connectivity index (χ0) is 14.8. The summed E-state index contributed by atoms with van der Waals surface area (Å²) in [5.74, 6) is 0.986. The Morgan fingerprint density at radius 2 is 1.71 bits per heavy atom. The number of nitrogen functional groups attached to an aromatic ring is 1. The molecule has 3 rings (SSSR count). The lowest BCUT2D eigenvalue weighted by molar-refractivity contribution is 0.435. The smallest absolute Gasteiger partial charge is 0.178 e. The van der Waals surface area contributed by atoms with Crippen molar-refractivity contribution in [3.8, 4) is 22.5 Å². The monoisotopic (exact) mass is 316 g/mol. The molecule has 0 radical (unpaired) electrons. The van der Waals surface area contributed by atoms with Crippen molar-refractivity contribution in [2.75, 3.05) is 12.0 Å². The zero-order valence-electron chi connectivity index (χ0n) is 11.3. The third kappa shape index (κ3) is 2.52. The van der Waals surface area contributed by atoms with E-state index in [1.54, 1.807) is 11.8 Å². The van der Waals surface area contributed by atoms with Gasteiger partial charge in [-0.2, -0.15) is 0 Å². The molecule has 3 aromatic rings. The highest BCUT2D eigenvalue weighted by Gasteiger charge is 2.21. The van der Waals surface area contributed by atoms with Crippen LogP contribution in [0.4, 0.5) is 5.82 Å². The lowest BCUT2D eigenvalue weighted by Crippen LogP contribution is -1.90. The van der Waals surface area contributed by atoms with Gasteiger partial charge in [0.2, 0.25) is 0 Å². The molecule has 0 aliphatic carbocycles. The molecule has 3 nitrogen and oxygen atoms in total. The standard InChI is InChI=1S/C16H13ClN2OS/c1-21-13-9-5-3-7-11(13)15-14(16(18)19-20-15)10-6-2-4-8-12(10)17/h2-9H,1H3,(H2,18,19). The Hall–Kier alpha value is -1.91. The molecule has 0 aliphatic rings. The average Bonchev–Trinajstić information content (AvgIpc) is 2.89. The molecule has 0 fully saturated rings. The van der Waals surface area contributed by atoms with Crippen molar-refractivity contribution in [2.45, 2.75) is 4.90 Å². The lowest BCUT2D eigenvalue weighted by Gasteiger charge is -2.07. The van der Waals surface area contributed by atoms with Crippen LogP contribution >= 0.6 is 23.4 Å². The van der Waals surface area contributed by atoms with E-state index < -0.39 is 0 Å². The summed E-state index contributed by atoms with van der Waals surface area (Å²) in [7, 11) is 0. The van der Waals surface area contributed by atoms with Crippen molar-refractivity contribution in [1.29, 1.82) is 0 Å². The number of hydrogen-bond donors (Lipinski definition) is 1. The molecule has 106 valence electrons. The molecule has 1 aromatic heterocycles. The number of halogens is 1. The highest BCUT2D eigenvalue weighted by molar-refractivity contribution is 7.98. The van der Waals surface area contributed by atoms with Crippen molar-refractivity contribution >= 4 is 29.2 Å². The van der Waals surface area contributed by atoms with E-state index in [0.29, 0.717) is 16.6 Å². The second-order valence-electron chi connectivity index (χ2n) is 4.45. The summed E-state index contributed by atoms with van der Waals surface area (Å²) in [4.78, 5) is 1.10. The third-order valence-electron chi connectivity index (χ3n) is 3.21. The van der Waals surface area contributed by atoms with Gasteiger partial charge in [0.05, 0.1) is 5.56 Å². The Bertz CT molecular complexity index is 785. The van der Waals surface area contributed by atoms with Crippen molar-refractivity contribution in [3.05, 3.63) is 53.6 Å². The first kappa shape index (κ1) is 14.0. The maximum Gasteiger partial charge on any atom is 0.178 e.